The summed E-state index contributed by atoms with van der Waals surface area (Å²) in [6.45, 7) is 1.89. The Morgan fingerprint density at radius 3 is 2.30 bits per heavy atom. The predicted octanol–water partition coefficient (Wildman–Crippen LogP) is 1.47. The van der Waals surface area contributed by atoms with Gasteiger partial charge in [-0.25, -0.2) is 4.98 Å². The SMILES string of the molecule is COc1nc(C)c(OC)s1. The minimum absolute atomic E-state index is 0.648. The van der Waals surface area contributed by atoms with Crippen LogP contribution >= 0.6 is 11.3 Å². The lowest BCUT2D eigenvalue weighted by molar-refractivity contribution is 0.410. The van der Waals surface area contributed by atoms with Crippen LogP contribution in [0.25, 0.3) is 0 Å². The van der Waals surface area contributed by atoms with E-state index in [9.17, 15) is 0 Å². The van der Waals surface area contributed by atoms with Gasteiger partial charge in [0.1, 0.15) is 0 Å². The van der Waals surface area contributed by atoms with Crippen molar-refractivity contribution in [3.63, 3.8) is 0 Å². The number of hydrogen-bond donors (Lipinski definition) is 0. The molecule has 0 aromatic carbocycles. The molecule has 3 nitrogen and oxygen atoms in total. The molecule has 10 heavy (non-hydrogen) atoms. The van der Waals surface area contributed by atoms with Crippen molar-refractivity contribution in [3.8, 4) is 10.3 Å². The Kier molecular flexibility index (Phi) is 2.11. The van der Waals surface area contributed by atoms with Crippen LogP contribution in [0.2, 0.25) is 0 Å². The molecule has 1 aromatic rings. The Balaban J connectivity index is 2.92. The van der Waals surface area contributed by atoms with Gasteiger partial charge in [-0.15, -0.1) is 0 Å². The van der Waals surface area contributed by atoms with Crippen molar-refractivity contribution in [2.75, 3.05) is 14.2 Å². The quantitative estimate of drug-likeness (QED) is 0.654. The summed E-state index contributed by atoms with van der Waals surface area (Å²) in [7, 11) is 3.22. The molecule has 1 rings (SSSR count). The van der Waals surface area contributed by atoms with Crippen LogP contribution < -0.4 is 9.47 Å². The highest BCUT2D eigenvalue weighted by Crippen LogP contribution is 2.30. The van der Waals surface area contributed by atoms with Gasteiger partial charge in [0, 0.05) is 0 Å². The van der Waals surface area contributed by atoms with Gasteiger partial charge in [0.2, 0.25) is 0 Å². The fraction of sp³-hybridized carbons (Fsp3) is 0.500. The van der Waals surface area contributed by atoms with Crippen LogP contribution in [0.3, 0.4) is 0 Å². The standard InChI is InChI=1S/C6H9NO2S/c1-4-5(8-2)10-6(7-4)9-3/h1-3H3. The maximum atomic E-state index is 5.00. The number of methoxy groups -OCH3 is 2. The van der Waals surface area contributed by atoms with Gasteiger partial charge in [-0.1, -0.05) is 0 Å². The van der Waals surface area contributed by atoms with E-state index in [0.717, 1.165) is 10.8 Å². The third-order valence-corrected chi connectivity index (χ3v) is 2.17. The Morgan fingerprint density at radius 1 is 1.30 bits per heavy atom. The van der Waals surface area contributed by atoms with Gasteiger partial charge in [0.15, 0.2) is 5.06 Å². The van der Waals surface area contributed by atoms with Gasteiger partial charge >= 0.3 is 0 Å². The number of aromatic nitrogens is 1. The zero-order valence-electron chi connectivity index (χ0n) is 6.17. The molecule has 0 radical (unpaired) electrons. The van der Waals surface area contributed by atoms with E-state index in [1.54, 1.807) is 14.2 Å². The van der Waals surface area contributed by atoms with Crippen LogP contribution in [-0.4, -0.2) is 19.2 Å². The van der Waals surface area contributed by atoms with Gasteiger partial charge < -0.3 is 9.47 Å². The molecule has 0 unspecified atom stereocenters. The molecule has 0 N–H and O–H groups in total. The molecular formula is C6H9NO2S. The van der Waals surface area contributed by atoms with E-state index in [4.69, 9.17) is 9.47 Å². The molecule has 4 heteroatoms. The summed E-state index contributed by atoms with van der Waals surface area (Å²) >= 11 is 1.40. The average molecular weight is 159 g/mol. The fourth-order valence-electron chi connectivity index (χ4n) is 0.635. The summed E-state index contributed by atoms with van der Waals surface area (Å²) in [5.74, 6) is 0. The van der Waals surface area contributed by atoms with Crippen molar-refractivity contribution in [1.29, 1.82) is 0 Å². The van der Waals surface area contributed by atoms with Crippen LogP contribution in [0, 0.1) is 6.92 Å². The molecule has 0 spiro atoms. The molecule has 0 atom stereocenters. The largest absolute Gasteiger partial charge is 0.486 e. The minimum Gasteiger partial charge on any atom is -0.486 e. The molecule has 0 aliphatic carbocycles. The van der Waals surface area contributed by atoms with E-state index in [1.165, 1.54) is 11.3 Å². The molecule has 1 heterocycles. The summed E-state index contributed by atoms with van der Waals surface area (Å²) in [6.07, 6.45) is 0. The topological polar surface area (TPSA) is 31.4 Å². The first-order valence-corrected chi connectivity index (χ1v) is 3.65. The second-order valence-corrected chi connectivity index (χ2v) is 2.69. The average Bonchev–Trinajstić information content (AvgIpc) is 2.30. The summed E-state index contributed by atoms with van der Waals surface area (Å²) in [6, 6.07) is 0. The van der Waals surface area contributed by atoms with Gasteiger partial charge in [-0.05, 0) is 18.3 Å². The van der Waals surface area contributed by atoms with E-state index >= 15 is 0 Å². The molecule has 56 valence electrons. The Morgan fingerprint density at radius 2 is 2.00 bits per heavy atom. The Bertz CT molecular complexity index is 222. The molecule has 0 aliphatic heterocycles. The molecule has 0 saturated heterocycles. The molecule has 0 aliphatic rings. The van der Waals surface area contributed by atoms with Gasteiger partial charge in [-0.2, -0.15) is 0 Å². The lowest BCUT2D eigenvalue weighted by atomic mass is 10.6. The summed E-state index contributed by atoms with van der Waals surface area (Å²) < 4.78 is 9.91. The highest BCUT2D eigenvalue weighted by Gasteiger charge is 2.05. The molecule has 1 aromatic heterocycles. The van der Waals surface area contributed by atoms with E-state index in [2.05, 4.69) is 4.98 Å². The summed E-state index contributed by atoms with van der Waals surface area (Å²) in [5, 5.41) is 1.46. The second kappa shape index (κ2) is 2.88. The first-order valence-electron chi connectivity index (χ1n) is 2.83. The van der Waals surface area contributed by atoms with Crippen LogP contribution in [-0.2, 0) is 0 Å². The number of thiazole rings is 1. The van der Waals surface area contributed by atoms with Crippen molar-refractivity contribution in [3.05, 3.63) is 5.69 Å². The lowest BCUT2D eigenvalue weighted by Gasteiger charge is -1.90. The first-order chi connectivity index (χ1) is 4.77. The molecule has 0 bridgehead atoms. The van der Waals surface area contributed by atoms with Crippen molar-refractivity contribution >= 4 is 11.3 Å². The van der Waals surface area contributed by atoms with E-state index in [0.29, 0.717) is 5.19 Å². The minimum atomic E-state index is 0.648. The van der Waals surface area contributed by atoms with Crippen LogP contribution in [0.1, 0.15) is 5.69 Å². The van der Waals surface area contributed by atoms with Gasteiger partial charge in [0.25, 0.3) is 5.19 Å². The van der Waals surface area contributed by atoms with Crippen LogP contribution in [0.5, 0.6) is 10.3 Å². The van der Waals surface area contributed by atoms with Gasteiger partial charge in [0.05, 0.1) is 19.9 Å². The highest BCUT2D eigenvalue weighted by molar-refractivity contribution is 7.15. The molecule has 0 saturated carbocycles. The zero-order valence-corrected chi connectivity index (χ0v) is 6.99. The monoisotopic (exact) mass is 159 g/mol. The van der Waals surface area contributed by atoms with Crippen molar-refractivity contribution in [2.24, 2.45) is 0 Å². The molecule has 0 fully saturated rings. The van der Waals surface area contributed by atoms with E-state index in [-0.39, 0.29) is 0 Å². The molecule has 0 amide bonds. The number of ether oxygens (including phenoxy) is 2. The number of hydrogen-bond acceptors (Lipinski definition) is 4. The Labute approximate surface area is 63.6 Å². The molecular weight excluding hydrogens is 150 g/mol. The van der Waals surface area contributed by atoms with E-state index in [1.807, 2.05) is 6.92 Å². The number of rotatable bonds is 2. The van der Waals surface area contributed by atoms with E-state index < -0.39 is 0 Å². The maximum absolute atomic E-state index is 5.00. The number of nitrogens with zero attached hydrogens (tertiary/aromatic N) is 1. The smallest absolute Gasteiger partial charge is 0.276 e. The first kappa shape index (κ1) is 7.34. The predicted molar refractivity (Wildman–Crippen MR) is 40.0 cm³/mol. The Hall–Kier alpha value is -0.770. The van der Waals surface area contributed by atoms with Crippen molar-refractivity contribution in [1.82, 2.24) is 4.98 Å². The normalized spacial score (nSPS) is 9.50. The van der Waals surface area contributed by atoms with Gasteiger partial charge in [-0.3, -0.25) is 0 Å². The van der Waals surface area contributed by atoms with Crippen molar-refractivity contribution < 1.29 is 9.47 Å². The van der Waals surface area contributed by atoms with Crippen molar-refractivity contribution in [2.45, 2.75) is 6.92 Å². The second-order valence-electron chi connectivity index (χ2n) is 1.76. The van der Waals surface area contributed by atoms with Crippen LogP contribution in [0.4, 0.5) is 0 Å². The number of aryl methyl sites for hydroxylation is 1. The fourth-order valence-corrected chi connectivity index (χ4v) is 1.34. The summed E-state index contributed by atoms with van der Waals surface area (Å²) in [4.78, 5) is 4.07. The highest BCUT2D eigenvalue weighted by atomic mass is 32.1. The van der Waals surface area contributed by atoms with Crippen LogP contribution in [0.15, 0.2) is 0 Å². The third kappa shape index (κ3) is 1.21. The zero-order chi connectivity index (χ0) is 7.56. The maximum Gasteiger partial charge on any atom is 0.276 e. The summed E-state index contributed by atoms with van der Waals surface area (Å²) in [5.41, 5.74) is 0.879. The third-order valence-electron chi connectivity index (χ3n) is 1.09. The lowest BCUT2D eigenvalue weighted by Crippen LogP contribution is -1.81.